The minimum atomic E-state index is -0.678. The number of carbonyl (C=O) groups is 1. The highest BCUT2D eigenvalue weighted by atomic mass is 16.3. The Balaban J connectivity index is 1.75. The highest BCUT2D eigenvalue weighted by Gasteiger charge is 2.34. The topological polar surface area (TPSA) is 64.6 Å². The Labute approximate surface area is 126 Å². The summed E-state index contributed by atoms with van der Waals surface area (Å²) in [4.78, 5) is 13.8. The molecule has 1 fully saturated rings. The molecule has 2 amide bonds. The van der Waals surface area contributed by atoms with Crippen LogP contribution < -0.4 is 10.6 Å². The summed E-state index contributed by atoms with van der Waals surface area (Å²) in [6, 6.07) is 7.95. The molecule has 5 nitrogen and oxygen atoms in total. The molecular formula is C16H25N3O2. The second kappa shape index (κ2) is 6.91. The normalized spacial score (nSPS) is 16.4. The maximum atomic E-state index is 11.7. The smallest absolute Gasteiger partial charge is 0.315 e. The first-order valence-corrected chi connectivity index (χ1v) is 7.43. The van der Waals surface area contributed by atoms with Gasteiger partial charge in [-0.2, -0.15) is 0 Å². The number of carbonyl (C=O) groups excluding carboxylic acids is 1. The molecule has 3 N–H and O–H groups in total. The van der Waals surface area contributed by atoms with Gasteiger partial charge in [0, 0.05) is 19.6 Å². The van der Waals surface area contributed by atoms with E-state index in [1.807, 2.05) is 26.2 Å². The van der Waals surface area contributed by atoms with Gasteiger partial charge in [-0.15, -0.1) is 0 Å². The van der Waals surface area contributed by atoms with Crippen molar-refractivity contribution in [2.75, 3.05) is 20.6 Å². The number of hydrogen-bond donors (Lipinski definition) is 3. The minimum Gasteiger partial charge on any atom is -0.388 e. The molecule has 0 aromatic heterocycles. The van der Waals surface area contributed by atoms with Gasteiger partial charge in [0.2, 0.25) is 0 Å². The minimum absolute atomic E-state index is 0.228. The molecule has 0 aliphatic heterocycles. The van der Waals surface area contributed by atoms with Crippen molar-refractivity contribution in [3.8, 4) is 0 Å². The van der Waals surface area contributed by atoms with E-state index in [1.54, 1.807) is 0 Å². The van der Waals surface area contributed by atoms with E-state index >= 15 is 0 Å². The van der Waals surface area contributed by atoms with Crippen LogP contribution in [0.3, 0.4) is 0 Å². The SMILES string of the molecule is CN(C)Cc1cccc(CNC(=O)NCC2(O)CCC2)c1. The highest BCUT2D eigenvalue weighted by Crippen LogP contribution is 2.30. The number of hydrogen-bond acceptors (Lipinski definition) is 3. The van der Waals surface area contributed by atoms with Gasteiger partial charge >= 0.3 is 6.03 Å². The van der Waals surface area contributed by atoms with Crippen molar-refractivity contribution < 1.29 is 9.90 Å². The van der Waals surface area contributed by atoms with E-state index < -0.39 is 5.60 Å². The number of nitrogens with zero attached hydrogens (tertiary/aromatic N) is 1. The van der Waals surface area contributed by atoms with Crippen molar-refractivity contribution >= 4 is 6.03 Å². The molecule has 5 heteroatoms. The van der Waals surface area contributed by atoms with Gasteiger partial charge in [0.1, 0.15) is 0 Å². The molecule has 116 valence electrons. The average molecular weight is 291 g/mol. The van der Waals surface area contributed by atoms with Crippen LogP contribution in [-0.2, 0) is 13.1 Å². The van der Waals surface area contributed by atoms with Gasteiger partial charge in [-0.1, -0.05) is 24.3 Å². The molecule has 1 aliphatic rings. The Morgan fingerprint density at radius 2 is 2.00 bits per heavy atom. The molecule has 1 aliphatic carbocycles. The van der Waals surface area contributed by atoms with Crippen molar-refractivity contribution in [2.45, 2.75) is 38.0 Å². The number of nitrogens with one attached hydrogen (secondary N) is 2. The van der Waals surface area contributed by atoms with Crippen LogP contribution in [0, 0.1) is 0 Å². The first kappa shape index (κ1) is 15.8. The summed E-state index contributed by atoms with van der Waals surface area (Å²) in [6.07, 6.45) is 2.60. The van der Waals surface area contributed by atoms with Crippen LogP contribution in [0.25, 0.3) is 0 Å². The summed E-state index contributed by atoms with van der Waals surface area (Å²) in [5, 5.41) is 15.5. The van der Waals surface area contributed by atoms with Crippen molar-refractivity contribution in [3.05, 3.63) is 35.4 Å². The standard InChI is InChI=1S/C16H25N3O2/c1-19(2)11-14-6-3-5-13(9-14)10-17-15(20)18-12-16(21)7-4-8-16/h3,5-6,9,21H,4,7-8,10-12H2,1-2H3,(H2,17,18,20). The molecule has 2 rings (SSSR count). The Bertz CT molecular complexity index is 484. The zero-order valence-corrected chi connectivity index (χ0v) is 12.9. The maximum Gasteiger partial charge on any atom is 0.315 e. The van der Waals surface area contributed by atoms with Crippen LogP contribution in [0.5, 0.6) is 0 Å². The van der Waals surface area contributed by atoms with Gasteiger partial charge in [-0.25, -0.2) is 4.79 Å². The number of benzene rings is 1. The lowest BCUT2D eigenvalue weighted by molar-refractivity contribution is -0.0290. The fourth-order valence-electron chi connectivity index (χ4n) is 2.45. The molecule has 0 bridgehead atoms. The summed E-state index contributed by atoms with van der Waals surface area (Å²) in [6.45, 7) is 1.71. The second-order valence-electron chi connectivity index (χ2n) is 6.17. The van der Waals surface area contributed by atoms with E-state index in [2.05, 4.69) is 27.7 Å². The molecule has 1 saturated carbocycles. The zero-order chi connectivity index (χ0) is 15.3. The lowest BCUT2D eigenvalue weighted by Crippen LogP contribution is -2.49. The molecular weight excluding hydrogens is 266 g/mol. The zero-order valence-electron chi connectivity index (χ0n) is 12.9. The van der Waals surface area contributed by atoms with Crippen LogP contribution in [-0.4, -0.2) is 42.3 Å². The molecule has 1 aromatic carbocycles. The number of amides is 2. The van der Waals surface area contributed by atoms with E-state index in [0.717, 1.165) is 31.4 Å². The van der Waals surface area contributed by atoms with Gasteiger partial charge in [-0.05, 0) is 44.5 Å². The molecule has 0 unspecified atom stereocenters. The summed E-state index contributed by atoms with van der Waals surface area (Å²) in [5.41, 5.74) is 1.62. The van der Waals surface area contributed by atoms with Gasteiger partial charge in [0.05, 0.1) is 5.60 Å². The Kier molecular flexibility index (Phi) is 5.20. The van der Waals surface area contributed by atoms with Gasteiger partial charge in [-0.3, -0.25) is 0 Å². The monoisotopic (exact) mass is 291 g/mol. The largest absolute Gasteiger partial charge is 0.388 e. The third kappa shape index (κ3) is 5.02. The van der Waals surface area contributed by atoms with E-state index in [0.29, 0.717) is 13.1 Å². The number of rotatable bonds is 6. The highest BCUT2D eigenvalue weighted by molar-refractivity contribution is 5.73. The van der Waals surface area contributed by atoms with Gasteiger partial charge < -0.3 is 20.6 Å². The predicted octanol–water partition coefficient (Wildman–Crippen LogP) is 1.46. The van der Waals surface area contributed by atoms with Crippen LogP contribution in [0.2, 0.25) is 0 Å². The van der Waals surface area contributed by atoms with Crippen molar-refractivity contribution in [3.63, 3.8) is 0 Å². The molecule has 0 spiro atoms. The Morgan fingerprint density at radius 3 is 2.62 bits per heavy atom. The third-order valence-corrected chi connectivity index (χ3v) is 3.81. The van der Waals surface area contributed by atoms with E-state index in [1.165, 1.54) is 5.56 Å². The van der Waals surface area contributed by atoms with Gasteiger partial charge in [0.25, 0.3) is 0 Å². The molecule has 1 aromatic rings. The van der Waals surface area contributed by atoms with E-state index in [4.69, 9.17) is 0 Å². The first-order valence-electron chi connectivity index (χ1n) is 7.43. The summed E-state index contributed by atoms with van der Waals surface area (Å²) >= 11 is 0. The first-order chi connectivity index (χ1) is 9.97. The average Bonchev–Trinajstić information content (AvgIpc) is 2.40. The quantitative estimate of drug-likeness (QED) is 0.743. The Hall–Kier alpha value is -1.59. The third-order valence-electron chi connectivity index (χ3n) is 3.81. The summed E-state index contributed by atoms with van der Waals surface area (Å²) in [7, 11) is 4.06. The lowest BCUT2D eigenvalue weighted by Gasteiger charge is -2.36. The van der Waals surface area contributed by atoms with Crippen LogP contribution in [0.4, 0.5) is 4.79 Å². The fraction of sp³-hybridized carbons (Fsp3) is 0.562. The molecule has 0 saturated heterocycles. The summed E-state index contributed by atoms with van der Waals surface area (Å²) < 4.78 is 0. The van der Waals surface area contributed by atoms with Crippen LogP contribution in [0.15, 0.2) is 24.3 Å². The molecule has 0 atom stereocenters. The Morgan fingerprint density at radius 1 is 1.29 bits per heavy atom. The number of aliphatic hydroxyl groups is 1. The van der Waals surface area contributed by atoms with Crippen LogP contribution >= 0.6 is 0 Å². The molecule has 0 radical (unpaired) electrons. The van der Waals surface area contributed by atoms with E-state index in [9.17, 15) is 9.90 Å². The molecule has 21 heavy (non-hydrogen) atoms. The summed E-state index contributed by atoms with van der Waals surface area (Å²) in [5.74, 6) is 0. The van der Waals surface area contributed by atoms with Crippen molar-refractivity contribution in [1.82, 2.24) is 15.5 Å². The van der Waals surface area contributed by atoms with Crippen molar-refractivity contribution in [2.24, 2.45) is 0 Å². The van der Waals surface area contributed by atoms with Crippen molar-refractivity contribution in [1.29, 1.82) is 0 Å². The molecule has 0 heterocycles. The van der Waals surface area contributed by atoms with Crippen LogP contribution in [0.1, 0.15) is 30.4 Å². The maximum absolute atomic E-state index is 11.7. The second-order valence-corrected chi connectivity index (χ2v) is 6.17. The number of urea groups is 1. The van der Waals surface area contributed by atoms with Gasteiger partial charge in [0.15, 0.2) is 0 Å². The predicted molar refractivity (Wildman–Crippen MR) is 82.9 cm³/mol. The van der Waals surface area contributed by atoms with E-state index in [-0.39, 0.29) is 6.03 Å². The fourth-order valence-corrected chi connectivity index (χ4v) is 2.45. The lowest BCUT2D eigenvalue weighted by atomic mass is 9.80.